The molecule has 0 bridgehead atoms. The lowest BCUT2D eigenvalue weighted by Crippen LogP contribution is -2.44. The van der Waals surface area contributed by atoms with Crippen LogP contribution in [0.2, 0.25) is 0 Å². The molecule has 3 heteroatoms. The Labute approximate surface area is 67.8 Å². The van der Waals surface area contributed by atoms with Crippen molar-refractivity contribution >= 4 is 5.91 Å². The normalized spacial score (nSPS) is 25.4. The lowest BCUT2D eigenvalue weighted by Gasteiger charge is -2.29. The zero-order chi connectivity index (χ0) is 8.27. The van der Waals surface area contributed by atoms with Crippen LogP contribution in [0.5, 0.6) is 0 Å². The highest BCUT2D eigenvalue weighted by atomic mass is 16.1. The summed E-state index contributed by atoms with van der Waals surface area (Å²) in [4.78, 5) is 13.2. The van der Waals surface area contributed by atoms with Gasteiger partial charge in [0.05, 0.1) is 0 Å². The van der Waals surface area contributed by atoms with Gasteiger partial charge in [-0.1, -0.05) is 6.92 Å². The molecule has 11 heavy (non-hydrogen) atoms. The second-order valence-electron chi connectivity index (χ2n) is 3.07. The van der Waals surface area contributed by atoms with Gasteiger partial charge in [-0.25, -0.2) is 0 Å². The van der Waals surface area contributed by atoms with Crippen molar-refractivity contribution < 1.29 is 4.79 Å². The summed E-state index contributed by atoms with van der Waals surface area (Å²) in [6.45, 7) is 3.98. The van der Waals surface area contributed by atoms with Crippen LogP contribution in [0.3, 0.4) is 0 Å². The molecular formula is C8H16N2O. The third-order valence-electron chi connectivity index (χ3n) is 2.34. The third-order valence-corrected chi connectivity index (χ3v) is 2.34. The summed E-state index contributed by atoms with van der Waals surface area (Å²) in [6.07, 6.45) is 1.76. The number of hydrogen-bond donors (Lipinski definition) is 1. The fourth-order valence-electron chi connectivity index (χ4n) is 1.40. The Morgan fingerprint density at radius 3 is 3.00 bits per heavy atom. The fraction of sp³-hybridized carbons (Fsp3) is 0.875. The molecular weight excluding hydrogens is 140 g/mol. The number of carbonyl (C=O) groups is 1. The molecule has 1 unspecified atom stereocenters. The van der Waals surface area contributed by atoms with E-state index < -0.39 is 0 Å². The van der Waals surface area contributed by atoms with Gasteiger partial charge in [0, 0.05) is 19.0 Å². The molecule has 1 fully saturated rings. The summed E-state index contributed by atoms with van der Waals surface area (Å²) >= 11 is 0. The van der Waals surface area contributed by atoms with E-state index in [-0.39, 0.29) is 5.91 Å². The Bertz CT molecular complexity index is 147. The van der Waals surface area contributed by atoms with Crippen LogP contribution < -0.4 is 5.32 Å². The summed E-state index contributed by atoms with van der Waals surface area (Å²) in [5, 5.41) is 2.83. The highest BCUT2D eigenvalue weighted by Crippen LogP contribution is 2.09. The maximum atomic E-state index is 11.0. The van der Waals surface area contributed by atoms with Gasteiger partial charge >= 0.3 is 0 Å². The molecule has 1 aliphatic rings. The van der Waals surface area contributed by atoms with Crippen molar-refractivity contribution in [3.8, 4) is 0 Å². The van der Waals surface area contributed by atoms with Gasteiger partial charge in [0.25, 0.3) is 0 Å². The van der Waals surface area contributed by atoms with E-state index in [2.05, 4.69) is 24.2 Å². The molecule has 1 N–H and O–H groups in total. The highest BCUT2D eigenvalue weighted by molar-refractivity contribution is 5.77. The first-order valence-corrected chi connectivity index (χ1v) is 4.21. The van der Waals surface area contributed by atoms with Gasteiger partial charge in [-0.3, -0.25) is 4.79 Å². The molecule has 1 heterocycles. The van der Waals surface area contributed by atoms with E-state index in [0.29, 0.717) is 12.5 Å². The van der Waals surface area contributed by atoms with Crippen molar-refractivity contribution in [2.45, 2.75) is 25.8 Å². The Morgan fingerprint density at radius 1 is 1.73 bits per heavy atom. The highest BCUT2D eigenvalue weighted by Gasteiger charge is 2.21. The van der Waals surface area contributed by atoms with E-state index in [4.69, 9.17) is 0 Å². The standard InChI is InChI=1S/C8H16N2O/c1-3-10(2)7-4-5-9-8(11)6-7/h7H,3-6H2,1-2H3,(H,9,11). The molecule has 1 rings (SSSR count). The quantitative estimate of drug-likeness (QED) is 0.620. The molecule has 0 saturated carbocycles. The smallest absolute Gasteiger partial charge is 0.221 e. The molecule has 1 aliphatic heterocycles. The van der Waals surface area contributed by atoms with Crippen LogP contribution in [-0.2, 0) is 4.79 Å². The van der Waals surface area contributed by atoms with Crippen LogP contribution in [0.15, 0.2) is 0 Å². The fourth-order valence-corrected chi connectivity index (χ4v) is 1.40. The van der Waals surface area contributed by atoms with E-state index in [1.807, 2.05) is 0 Å². The molecule has 0 spiro atoms. The first-order chi connectivity index (χ1) is 5.24. The molecule has 1 saturated heterocycles. The average molecular weight is 156 g/mol. The molecule has 0 radical (unpaired) electrons. The van der Waals surface area contributed by atoms with Crippen molar-refractivity contribution in [1.82, 2.24) is 10.2 Å². The minimum absolute atomic E-state index is 0.196. The van der Waals surface area contributed by atoms with Crippen molar-refractivity contribution in [1.29, 1.82) is 0 Å². The van der Waals surface area contributed by atoms with Crippen LogP contribution in [0.4, 0.5) is 0 Å². The van der Waals surface area contributed by atoms with E-state index in [1.165, 1.54) is 0 Å². The van der Waals surface area contributed by atoms with Crippen molar-refractivity contribution in [3.05, 3.63) is 0 Å². The number of piperidine rings is 1. The lowest BCUT2D eigenvalue weighted by molar-refractivity contribution is -0.123. The van der Waals surface area contributed by atoms with E-state index >= 15 is 0 Å². The first-order valence-electron chi connectivity index (χ1n) is 4.21. The second-order valence-corrected chi connectivity index (χ2v) is 3.07. The van der Waals surface area contributed by atoms with Gasteiger partial charge in [0.1, 0.15) is 0 Å². The van der Waals surface area contributed by atoms with Gasteiger partial charge in [0.2, 0.25) is 5.91 Å². The molecule has 3 nitrogen and oxygen atoms in total. The minimum atomic E-state index is 0.196. The van der Waals surface area contributed by atoms with Crippen LogP contribution in [-0.4, -0.2) is 37.0 Å². The molecule has 0 aromatic heterocycles. The summed E-state index contributed by atoms with van der Waals surface area (Å²) in [7, 11) is 2.07. The SMILES string of the molecule is CCN(C)C1CCNC(=O)C1. The van der Waals surface area contributed by atoms with Crippen LogP contribution in [0, 0.1) is 0 Å². The van der Waals surface area contributed by atoms with Crippen molar-refractivity contribution in [3.63, 3.8) is 0 Å². The number of amides is 1. The van der Waals surface area contributed by atoms with E-state index in [9.17, 15) is 4.79 Å². The summed E-state index contributed by atoms with van der Waals surface area (Å²) in [6, 6.07) is 0.466. The largest absolute Gasteiger partial charge is 0.356 e. The monoisotopic (exact) mass is 156 g/mol. The lowest BCUT2D eigenvalue weighted by atomic mass is 10.1. The number of nitrogens with one attached hydrogen (secondary N) is 1. The van der Waals surface area contributed by atoms with Gasteiger partial charge in [-0.05, 0) is 20.0 Å². The van der Waals surface area contributed by atoms with Crippen LogP contribution in [0.1, 0.15) is 19.8 Å². The first kappa shape index (κ1) is 8.53. The van der Waals surface area contributed by atoms with E-state index in [1.54, 1.807) is 0 Å². The van der Waals surface area contributed by atoms with Crippen molar-refractivity contribution in [2.75, 3.05) is 20.1 Å². The Kier molecular flexibility index (Phi) is 2.88. The van der Waals surface area contributed by atoms with Gasteiger partial charge in [-0.15, -0.1) is 0 Å². The number of carbonyl (C=O) groups excluding carboxylic acids is 1. The number of nitrogens with zero attached hydrogens (tertiary/aromatic N) is 1. The molecule has 0 aromatic rings. The number of hydrogen-bond acceptors (Lipinski definition) is 2. The van der Waals surface area contributed by atoms with Crippen LogP contribution in [0.25, 0.3) is 0 Å². The predicted molar refractivity (Wildman–Crippen MR) is 44.3 cm³/mol. The topological polar surface area (TPSA) is 32.3 Å². The van der Waals surface area contributed by atoms with E-state index in [0.717, 1.165) is 19.5 Å². The molecule has 1 amide bonds. The second kappa shape index (κ2) is 3.72. The van der Waals surface area contributed by atoms with Gasteiger partial charge < -0.3 is 10.2 Å². The summed E-state index contributed by atoms with van der Waals surface area (Å²) < 4.78 is 0. The van der Waals surface area contributed by atoms with Gasteiger partial charge in [-0.2, -0.15) is 0 Å². The maximum Gasteiger partial charge on any atom is 0.221 e. The molecule has 0 aliphatic carbocycles. The average Bonchev–Trinajstić information content (AvgIpc) is 2.03. The molecule has 64 valence electrons. The Hall–Kier alpha value is -0.570. The molecule has 0 aromatic carbocycles. The Balaban J connectivity index is 2.39. The Morgan fingerprint density at radius 2 is 2.45 bits per heavy atom. The number of rotatable bonds is 2. The molecule has 1 atom stereocenters. The van der Waals surface area contributed by atoms with Crippen LogP contribution >= 0.6 is 0 Å². The summed E-state index contributed by atoms with van der Waals surface area (Å²) in [5.74, 6) is 0.196. The summed E-state index contributed by atoms with van der Waals surface area (Å²) in [5.41, 5.74) is 0. The zero-order valence-corrected chi connectivity index (χ0v) is 7.26. The van der Waals surface area contributed by atoms with Gasteiger partial charge in [0.15, 0.2) is 0 Å². The zero-order valence-electron chi connectivity index (χ0n) is 7.26. The minimum Gasteiger partial charge on any atom is -0.356 e. The third kappa shape index (κ3) is 2.19. The maximum absolute atomic E-state index is 11.0. The van der Waals surface area contributed by atoms with Crippen molar-refractivity contribution in [2.24, 2.45) is 0 Å². The predicted octanol–water partition coefficient (Wildman–Crippen LogP) is 0.217.